The van der Waals surface area contributed by atoms with Crippen LogP contribution in [0.15, 0.2) is 78.9 Å². The second kappa shape index (κ2) is 9.79. The number of hydrogen-bond donors (Lipinski definition) is 2. The summed E-state index contributed by atoms with van der Waals surface area (Å²) in [5.74, 6) is 0.127. The summed E-state index contributed by atoms with van der Waals surface area (Å²) in [6.07, 6.45) is 0. The van der Waals surface area contributed by atoms with Gasteiger partial charge in [0, 0.05) is 22.5 Å². The lowest BCUT2D eigenvalue weighted by molar-refractivity contribution is -0.914. The summed E-state index contributed by atoms with van der Waals surface area (Å²) >= 11 is 0. The number of rotatable bonds is 6. The normalized spacial score (nSPS) is 15.2. The first-order valence-corrected chi connectivity index (χ1v) is 11.2. The molecule has 3 aromatic rings. The van der Waals surface area contributed by atoms with Crippen molar-refractivity contribution in [2.45, 2.75) is 19.9 Å². The number of piperazine rings is 1. The maximum absolute atomic E-state index is 13.1. The molecule has 5 heteroatoms. The lowest BCUT2D eigenvalue weighted by atomic mass is 10.0. The van der Waals surface area contributed by atoms with Crippen molar-refractivity contribution in [1.82, 2.24) is 0 Å². The largest absolute Gasteiger partial charge is 0.360 e. The fourth-order valence-corrected chi connectivity index (χ4v) is 4.28. The van der Waals surface area contributed by atoms with Gasteiger partial charge in [0.25, 0.3) is 5.91 Å². The Morgan fingerprint density at radius 2 is 1.50 bits per heavy atom. The summed E-state index contributed by atoms with van der Waals surface area (Å²) in [5, 5.41) is 3.16. The van der Waals surface area contributed by atoms with Crippen molar-refractivity contribution in [2.75, 3.05) is 36.4 Å². The molecule has 1 atom stereocenters. The summed E-state index contributed by atoms with van der Waals surface area (Å²) in [6, 6.07) is 25.7. The summed E-state index contributed by atoms with van der Waals surface area (Å²) < 4.78 is 0. The molecule has 1 fully saturated rings. The van der Waals surface area contributed by atoms with Gasteiger partial charge in [-0.3, -0.25) is 9.59 Å². The van der Waals surface area contributed by atoms with Crippen LogP contribution in [0.5, 0.6) is 0 Å². The van der Waals surface area contributed by atoms with Crippen LogP contribution in [0.1, 0.15) is 24.2 Å². The summed E-state index contributed by atoms with van der Waals surface area (Å²) in [4.78, 5) is 28.2. The standard InChI is InChI=1S/C27H29N3O2/c1-20(27(32)28-26-11-7-6-10-25(26)23-8-4-3-5-9-23)29-16-18-30(19-17-29)24-14-12-22(13-15-24)21(2)31/h3-15,20H,16-19H2,1-2H3,(H,28,32)/p+1/t20-/m1/s1. The number of hydrogen-bond acceptors (Lipinski definition) is 3. The van der Waals surface area contributed by atoms with Gasteiger partial charge in [-0.15, -0.1) is 0 Å². The lowest BCUT2D eigenvalue weighted by Gasteiger charge is -2.36. The Balaban J connectivity index is 1.37. The number of amides is 1. The minimum Gasteiger partial charge on any atom is -0.360 e. The number of carbonyl (C=O) groups is 2. The molecule has 0 spiro atoms. The van der Waals surface area contributed by atoms with Crippen LogP contribution >= 0.6 is 0 Å². The fourth-order valence-electron chi connectivity index (χ4n) is 4.28. The molecule has 3 aromatic carbocycles. The minimum atomic E-state index is -0.138. The van der Waals surface area contributed by atoms with Crippen LogP contribution < -0.4 is 15.1 Å². The molecule has 0 radical (unpaired) electrons. The predicted molar refractivity (Wildman–Crippen MR) is 129 cm³/mol. The first-order chi connectivity index (χ1) is 15.5. The fraction of sp³-hybridized carbons (Fsp3) is 0.259. The molecule has 0 aliphatic carbocycles. The quantitative estimate of drug-likeness (QED) is 0.593. The summed E-state index contributed by atoms with van der Waals surface area (Å²) in [5.41, 5.74) is 4.83. The maximum Gasteiger partial charge on any atom is 0.282 e. The third-order valence-corrected chi connectivity index (χ3v) is 6.32. The van der Waals surface area contributed by atoms with E-state index in [2.05, 4.69) is 22.3 Å². The van der Waals surface area contributed by atoms with Crippen LogP contribution in [-0.4, -0.2) is 43.9 Å². The van der Waals surface area contributed by atoms with Crippen molar-refractivity contribution in [3.8, 4) is 11.1 Å². The molecule has 0 unspecified atom stereocenters. The average Bonchev–Trinajstić information content (AvgIpc) is 2.84. The highest BCUT2D eigenvalue weighted by Gasteiger charge is 2.29. The van der Waals surface area contributed by atoms with E-state index in [4.69, 9.17) is 0 Å². The first-order valence-electron chi connectivity index (χ1n) is 11.2. The number of quaternary nitrogens is 1. The first kappa shape index (κ1) is 21.8. The molecule has 1 amide bonds. The van der Waals surface area contributed by atoms with Crippen LogP contribution in [0.25, 0.3) is 11.1 Å². The predicted octanol–water partition coefficient (Wildman–Crippen LogP) is 3.29. The zero-order valence-corrected chi connectivity index (χ0v) is 18.7. The third kappa shape index (κ3) is 4.89. The number of nitrogens with zero attached hydrogens (tertiary/aromatic N) is 1. The van der Waals surface area contributed by atoms with E-state index in [0.29, 0.717) is 0 Å². The minimum absolute atomic E-state index is 0.0441. The smallest absolute Gasteiger partial charge is 0.282 e. The van der Waals surface area contributed by atoms with Crippen molar-refractivity contribution in [2.24, 2.45) is 0 Å². The van der Waals surface area contributed by atoms with Crippen molar-refractivity contribution >= 4 is 23.1 Å². The SMILES string of the molecule is CC(=O)c1ccc(N2CC[NH+]([C@H](C)C(=O)Nc3ccccc3-c3ccccc3)CC2)cc1. The van der Waals surface area contributed by atoms with E-state index in [1.165, 1.54) is 4.90 Å². The van der Waals surface area contributed by atoms with Gasteiger partial charge in [-0.25, -0.2) is 0 Å². The second-order valence-electron chi connectivity index (χ2n) is 8.37. The van der Waals surface area contributed by atoms with Gasteiger partial charge in [0.05, 0.1) is 26.2 Å². The lowest BCUT2D eigenvalue weighted by Crippen LogP contribution is -3.19. The van der Waals surface area contributed by atoms with E-state index < -0.39 is 0 Å². The molecule has 0 saturated carbocycles. The monoisotopic (exact) mass is 428 g/mol. The van der Waals surface area contributed by atoms with E-state index in [0.717, 1.165) is 54.2 Å². The molecule has 0 aromatic heterocycles. The topological polar surface area (TPSA) is 53.9 Å². The average molecular weight is 429 g/mol. The van der Waals surface area contributed by atoms with Crippen LogP contribution in [-0.2, 0) is 4.79 Å². The van der Waals surface area contributed by atoms with Gasteiger partial charge in [-0.1, -0.05) is 48.5 Å². The molecule has 1 heterocycles. The van der Waals surface area contributed by atoms with Crippen LogP contribution in [0, 0.1) is 0 Å². The van der Waals surface area contributed by atoms with Crippen LogP contribution in [0.2, 0.25) is 0 Å². The Kier molecular flexibility index (Phi) is 6.66. The van der Waals surface area contributed by atoms with Gasteiger partial charge < -0.3 is 15.1 Å². The molecular formula is C27H30N3O2+. The van der Waals surface area contributed by atoms with E-state index >= 15 is 0 Å². The molecule has 4 rings (SSSR count). The van der Waals surface area contributed by atoms with E-state index in [9.17, 15) is 9.59 Å². The van der Waals surface area contributed by atoms with Crippen molar-refractivity contribution < 1.29 is 14.5 Å². The number of ketones is 1. The highest BCUT2D eigenvalue weighted by atomic mass is 16.2. The van der Waals surface area contributed by atoms with Gasteiger partial charge in [-0.05, 0) is 49.7 Å². The Bertz CT molecular complexity index is 1070. The number of Topliss-reactive ketones (excluding diaryl/α,β-unsaturated/α-hetero) is 1. The van der Waals surface area contributed by atoms with Crippen molar-refractivity contribution in [1.29, 1.82) is 0 Å². The highest BCUT2D eigenvalue weighted by molar-refractivity contribution is 5.97. The Labute approximate surface area is 189 Å². The molecule has 1 aliphatic heterocycles. The molecule has 1 saturated heterocycles. The number of nitrogens with one attached hydrogen (secondary N) is 2. The van der Waals surface area contributed by atoms with Crippen LogP contribution in [0.3, 0.4) is 0 Å². The van der Waals surface area contributed by atoms with Crippen molar-refractivity contribution in [3.05, 3.63) is 84.4 Å². The molecule has 0 bridgehead atoms. The zero-order valence-electron chi connectivity index (χ0n) is 18.7. The number of anilines is 2. The Morgan fingerprint density at radius 1 is 0.875 bits per heavy atom. The third-order valence-electron chi connectivity index (χ3n) is 6.32. The van der Waals surface area contributed by atoms with Crippen LogP contribution in [0.4, 0.5) is 11.4 Å². The van der Waals surface area contributed by atoms with Gasteiger partial charge in [0.15, 0.2) is 11.8 Å². The molecule has 1 aliphatic rings. The highest BCUT2D eigenvalue weighted by Crippen LogP contribution is 2.27. The summed E-state index contributed by atoms with van der Waals surface area (Å²) in [6.45, 7) is 7.14. The Hall–Kier alpha value is -3.44. The molecule has 32 heavy (non-hydrogen) atoms. The van der Waals surface area contributed by atoms with Gasteiger partial charge in [0.2, 0.25) is 0 Å². The molecule has 5 nitrogen and oxygen atoms in total. The van der Waals surface area contributed by atoms with Gasteiger partial charge in [0.1, 0.15) is 0 Å². The maximum atomic E-state index is 13.1. The summed E-state index contributed by atoms with van der Waals surface area (Å²) in [7, 11) is 0. The van der Waals surface area contributed by atoms with E-state index in [-0.39, 0.29) is 17.7 Å². The molecule has 2 N–H and O–H groups in total. The van der Waals surface area contributed by atoms with Crippen molar-refractivity contribution in [3.63, 3.8) is 0 Å². The van der Waals surface area contributed by atoms with Gasteiger partial charge in [-0.2, -0.15) is 0 Å². The molecule has 164 valence electrons. The Morgan fingerprint density at radius 3 is 2.16 bits per heavy atom. The number of para-hydroxylation sites is 1. The number of carbonyl (C=O) groups excluding carboxylic acids is 2. The number of benzene rings is 3. The van der Waals surface area contributed by atoms with Gasteiger partial charge >= 0.3 is 0 Å². The molecular weight excluding hydrogens is 398 g/mol. The zero-order chi connectivity index (χ0) is 22.5. The second-order valence-corrected chi connectivity index (χ2v) is 8.37. The van der Waals surface area contributed by atoms with E-state index in [1.807, 2.05) is 73.7 Å². The van der Waals surface area contributed by atoms with E-state index in [1.54, 1.807) is 6.92 Å².